The van der Waals surface area contributed by atoms with Crippen LogP contribution in [0.5, 0.6) is 5.75 Å². The maximum atomic E-state index is 9.76. The maximum Gasteiger partial charge on any atom is 0.116 e. The second kappa shape index (κ2) is 3.59. The first-order valence-electron chi connectivity index (χ1n) is 6.28. The van der Waals surface area contributed by atoms with Crippen LogP contribution in [0, 0.1) is 0 Å². The summed E-state index contributed by atoms with van der Waals surface area (Å²) in [5.41, 5.74) is 0.940. The average molecular weight is 248 g/mol. The van der Waals surface area contributed by atoms with Crippen molar-refractivity contribution < 1.29 is 10.2 Å². The Kier molecular flexibility index (Phi) is 2.00. The first-order chi connectivity index (χ1) is 9.28. The lowest BCUT2D eigenvalue weighted by atomic mass is 9.92. The Balaban J connectivity index is 2.36. The van der Waals surface area contributed by atoms with Crippen LogP contribution < -0.4 is 0 Å². The van der Waals surface area contributed by atoms with Crippen molar-refractivity contribution in [3.63, 3.8) is 0 Å². The third-order valence-electron chi connectivity index (χ3n) is 3.84. The summed E-state index contributed by atoms with van der Waals surface area (Å²) in [4.78, 5) is 0. The zero-order chi connectivity index (χ0) is 13.0. The van der Waals surface area contributed by atoms with Crippen LogP contribution in [0.2, 0.25) is 0 Å². The molecule has 0 radical (unpaired) electrons. The number of hydrogen-bond donors (Lipinski definition) is 2. The molecule has 0 bridgehead atoms. The van der Waals surface area contributed by atoms with Gasteiger partial charge in [-0.1, -0.05) is 36.4 Å². The zero-order valence-corrected chi connectivity index (χ0v) is 10.2. The number of phenolic OH excluding ortho intramolecular Hbond substituents is 1. The standard InChI is InChI=1S/C17H12O2/c18-9-13-4-2-10-1-3-11-7-14(19)8-12-5-6-15(13)17(10)16(11)12/h1-8,18-19H,9H2. The summed E-state index contributed by atoms with van der Waals surface area (Å²) in [6.07, 6.45) is 0. The SMILES string of the molecule is OCc1ccc2ccc3cc(O)cc4ccc1c2c34. The summed E-state index contributed by atoms with van der Waals surface area (Å²) in [5.74, 6) is 0.285. The fourth-order valence-electron chi connectivity index (χ4n) is 3.00. The van der Waals surface area contributed by atoms with Crippen LogP contribution in [0.4, 0.5) is 0 Å². The lowest BCUT2D eigenvalue weighted by Crippen LogP contribution is -1.89. The van der Waals surface area contributed by atoms with Crippen LogP contribution in [-0.4, -0.2) is 10.2 Å². The molecule has 0 heterocycles. The predicted octanol–water partition coefficient (Wildman–Crippen LogP) is 3.78. The van der Waals surface area contributed by atoms with Crippen LogP contribution in [0.3, 0.4) is 0 Å². The Hall–Kier alpha value is -2.32. The first-order valence-corrected chi connectivity index (χ1v) is 6.28. The van der Waals surface area contributed by atoms with Gasteiger partial charge in [0.05, 0.1) is 6.61 Å². The second-order valence-corrected chi connectivity index (χ2v) is 4.93. The number of aromatic hydroxyl groups is 1. The van der Waals surface area contributed by atoms with Gasteiger partial charge in [-0.25, -0.2) is 0 Å². The van der Waals surface area contributed by atoms with E-state index >= 15 is 0 Å². The smallest absolute Gasteiger partial charge is 0.116 e. The van der Waals surface area contributed by atoms with Crippen LogP contribution in [0.25, 0.3) is 32.3 Å². The van der Waals surface area contributed by atoms with Crippen molar-refractivity contribution in [2.24, 2.45) is 0 Å². The van der Waals surface area contributed by atoms with E-state index in [1.54, 1.807) is 12.1 Å². The van der Waals surface area contributed by atoms with Crippen LogP contribution >= 0.6 is 0 Å². The molecule has 0 aliphatic carbocycles. The molecule has 0 spiro atoms. The second-order valence-electron chi connectivity index (χ2n) is 4.93. The molecule has 0 saturated heterocycles. The molecule has 0 unspecified atom stereocenters. The molecule has 0 atom stereocenters. The predicted molar refractivity (Wildman–Crippen MR) is 77.7 cm³/mol. The molecule has 4 aromatic carbocycles. The van der Waals surface area contributed by atoms with Crippen molar-refractivity contribution >= 4 is 32.3 Å². The highest BCUT2D eigenvalue weighted by Gasteiger charge is 2.11. The van der Waals surface area contributed by atoms with Gasteiger partial charge in [0.2, 0.25) is 0 Å². The summed E-state index contributed by atoms with van der Waals surface area (Å²) in [6.45, 7) is 0.0411. The van der Waals surface area contributed by atoms with E-state index in [0.29, 0.717) is 0 Å². The highest BCUT2D eigenvalue weighted by Crippen LogP contribution is 2.37. The third kappa shape index (κ3) is 1.35. The van der Waals surface area contributed by atoms with Gasteiger partial charge in [0.15, 0.2) is 0 Å². The molecule has 0 aliphatic rings. The minimum atomic E-state index is 0.0411. The largest absolute Gasteiger partial charge is 0.508 e. The average Bonchev–Trinajstić information content (AvgIpc) is 2.43. The Morgan fingerprint density at radius 1 is 0.737 bits per heavy atom. The Morgan fingerprint density at radius 2 is 1.37 bits per heavy atom. The van der Waals surface area contributed by atoms with Gasteiger partial charge in [-0.3, -0.25) is 0 Å². The molecule has 0 amide bonds. The minimum absolute atomic E-state index is 0.0411. The number of aliphatic hydroxyl groups excluding tert-OH is 1. The van der Waals surface area contributed by atoms with Crippen molar-refractivity contribution in [2.75, 3.05) is 0 Å². The van der Waals surface area contributed by atoms with E-state index in [4.69, 9.17) is 0 Å². The summed E-state index contributed by atoms with van der Waals surface area (Å²) >= 11 is 0. The highest BCUT2D eigenvalue weighted by atomic mass is 16.3. The summed E-state index contributed by atoms with van der Waals surface area (Å²) in [5, 5.41) is 25.9. The molecule has 0 aromatic heterocycles. The molecular weight excluding hydrogens is 236 g/mol. The van der Waals surface area contributed by atoms with E-state index < -0.39 is 0 Å². The monoisotopic (exact) mass is 248 g/mol. The lowest BCUT2D eigenvalue weighted by molar-refractivity contribution is 0.283. The van der Waals surface area contributed by atoms with Crippen LogP contribution in [0.1, 0.15) is 5.56 Å². The van der Waals surface area contributed by atoms with E-state index in [-0.39, 0.29) is 12.4 Å². The van der Waals surface area contributed by atoms with Crippen molar-refractivity contribution in [3.8, 4) is 5.75 Å². The van der Waals surface area contributed by atoms with Crippen molar-refractivity contribution in [1.82, 2.24) is 0 Å². The molecule has 4 aromatic rings. The van der Waals surface area contributed by atoms with E-state index in [9.17, 15) is 10.2 Å². The van der Waals surface area contributed by atoms with Crippen molar-refractivity contribution in [1.29, 1.82) is 0 Å². The number of hydrogen-bond acceptors (Lipinski definition) is 2. The van der Waals surface area contributed by atoms with Gasteiger partial charge >= 0.3 is 0 Å². The topological polar surface area (TPSA) is 40.5 Å². The van der Waals surface area contributed by atoms with Gasteiger partial charge in [-0.15, -0.1) is 0 Å². The Labute approximate surface area is 109 Å². The van der Waals surface area contributed by atoms with E-state index in [1.807, 2.05) is 30.3 Å². The molecular formula is C17H12O2. The van der Waals surface area contributed by atoms with Gasteiger partial charge in [0.1, 0.15) is 5.75 Å². The molecule has 92 valence electrons. The number of rotatable bonds is 1. The number of benzene rings is 4. The summed E-state index contributed by atoms with van der Waals surface area (Å²) in [6, 6.07) is 15.7. The van der Waals surface area contributed by atoms with Crippen molar-refractivity contribution in [2.45, 2.75) is 6.61 Å². The maximum absolute atomic E-state index is 9.76. The van der Waals surface area contributed by atoms with E-state index in [1.165, 1.54) is 5.39 Å². The van der Waals surface area contributed by atoms with Gasteiger partial charge in [-0.05, 0) is 50.0 Å². The van der Waals surface area contributed by atoms with Gasteiger partial charge in [0.25, 0.3) is 0 Å². The zero-order valence-electron chi connectivity index (χ0n) is 10.2. The molecule has 2 heteroatoms. The number of aliphatic hydroxyl groups is 1. The molecule has 0 aliphatic heterocycles. The van der Waals surface area contributed by atoms with Gasteiger partial charge in [0, 0.05) is 0 Å². The first kappa shape index (κ1) is 10.6. The molecule has 2 N–H and O–H groups in total. The Bertz CT molecular complexity index is 890. The normalized spacial score (nSPS) is 11.8. The molecule has 0 fully saturated rings. The summed E-state index contributed by atoms with van der Waals surface area (Å²) < 4.78 is 0. The van der Waals surface area contributed by atoms with Gasteiger partial charge < -0.3 is 10.2 Å². The fraction of sp³-hybridized carbons (Fsp3) is 0.0588. The summed E-state index contributed by atoms with van der Waals surface area (Å²) in [7, 11) is 0. The fourth-order valence-corrected chi connectivity index (χ4v) is 3.00. The minimum Gasteiger partial charge on any atom is -0.508 e. The van der Waals surface area contributed by atoms with Crippen LogP contribution in [0.15, 0.2) is 48.5 Å². The Morgan fingerprint density at radius 3 is 2.11 bits per heavy atom. The third-order valence-corrected chi connectivity index (χ3v) is 3.84. The molecule has 2 nitrogen and oxygen atoms in total. The van der Waals surface area contributed by atoms with E-state index in [2.05, 4.69) is 6.07 Å². The number of phenols is 1. The quantitative estimate of drug-likeness (QED) is 0.503. The molecule has 4 rings (SSSR count). The van der Waals surface area contributed by atoms with Crippen molar-refractivity contribution in [3.05, 3.63) is 54.1 Å². The molecule has 19 heavy (non-hydrogen) atoms. The molecule has 0 saturated carbocycles. The lowest BCUT2D eigenvalue weighted by Gasteiger charge is -2.13. The van der Waals surface area contributed by atoms with E-state index in [0.717, 1.165) is 32.5 Å². The highest BCUT2D eigenvalue weighted by molar-refractivity contribution is 6.23. The van der Waals surface area contributed by atoms with Gasteiger partial charge in [-0.2, -0.15) is 0 Å². The van der Waals surface area contributed by atoms with Crippen LogP contribution in [-0.2, 0) is 6.61 Å².